The van der Waals surface area contributed by atoms with Crippen molar-refractivity contribution < 1.29 is 26.3 Å². The van der Waals surface area contributed by atoms with E-state index in [0.717, 1.165) is 43.5 Å². The predicted molar refractivity (Wildman–Crippen MR) is 115 cm³/mol. The van der Waals surface area contributed by atoms with E-state index in [2.05, 4.69) is 14.5 Å². The number of sulfonamides is 1. The number of rotatable bonds is 5. The van der Waals surface area contributed by atoms with Gasteiger partial charge in [-0.1, -0.05) is 0 Å². The molecule has 0 amide bonds. The number of nitrogens with one attached hydrogen (secondary N) is 1. The molecule has 4 aliphatic carbocycles. The summed E-state index contributed by atoms with van der Waals surface area (Å²) in [6.07, 6.45) is 1.54. The Hall–Kier alpha value is -1.78. The zero-order valence-corrected chi connectivity index (χ0v) is 20.0. The average molecular weight is 537 g/mol. The molecule has 12 heteroatoms. The van der Waals surface area contributed by atoms with Gasteiger partial charge < -0.3 is 0 Å². The standard InChI is InChI=1S/C20H25F3N4O3SSe/c1-32-17(24)25-18(26-19-9-12-6-13(10-19)8-14(7-12)11-19)27-31(28,29)16-4-2-15(3-5-16)30-20(21,22)23/h2-5,12-14H,6-11H2,1H3,(H3,24,25,26,27). The second-order valence-corrected chi connectivity index (χ2v) is 12.3. The second kappa shape index (κ2) is 8.53. The van der Waals surface area contributed by atoms with Crippen LogP contribution in [0.4, 0.5) is 13.2 Å². The third kappa shape index (κ3) is 5.40. The number of hydrogen-bond donors (Lipinski definition) is 2. The molecule has 32 heavy (non-hydrogen) atoms. The molecule has 0 heterocycles. The monoisotopic (exact) mass is 538 g/mol. The van der Waals surface area contributed by atoms with E-state index < -0.39 is 22.1 Å². The molecule has 0 aromatic heterocycles. The van der Waals surface area contributed by atoms with E-state index in [0.29, 0.717) is 22.5 Å². The molecule has 4 saturated carbocycles. The Morgan fingerprint density at radius 1 is 1.12 bits per heavy atom. The molecule has 4 bridgehead atoms. The molecule has 176 valence electrons. The van der Waals surface area contributed by atoms with Crippen molar-refractivity contribution in [2.45, 2.75) is 61.1 Å². The minimum atomic E-state index is -4.86. The molecule has 1 aromatic carbocycles. The van der Waals surface area contributed by atoms with Crippen LogP contribution in [0.5, 0.6) is 5.75 Å². The van der Waals surface area contributed by atoms with Crippen molar-refractivity contribution in [1.82, 2.24) is 4.72 Å². The molecule has 0 saturated heterocycles. The summed E-state index contributed by atoms with van der Waals surface area (Å²) in [7, 11) is -4.13. The first-order valence-electron chi connectivity index (χ1n) is 10.3. The van der Waals surface area contributed by atoms with Gasteiger partial charge >= 0.3 is 191 Å². The van der Waals surface area contributed by atoms with Gasteiger partial charge in [-0.2, -0.15) is 0 Å². The van der Waals surface area contributed by atoms with E-state index in [4.69, 9.17) is 10.7 Å². The van der Waals surface area contributed by atoms with E-state index >= 15 is 0 Å². The van der Waals surface area contributed by atoms with Gasteiger partial charge in [0, 0.05) is 0 Å². The van der Waals surface area contributed by atoms with E-state index in [9.17, 15) is 21.6 Å². The van der Waals surface area contributed by atoms with Gasteiger partial charge in [0.25, 0.3) is 0 Å². The van der Waals surface area contributed by atoms with Crippen LogP contribution >= 0.6 is 0 Å². The normalized spacial score (nSPS) is 30.4. The van der Waals surface area contributed by atoms with Crippen molar-refractivity contribution in [2.75, 3.05) is 0 Å². The summed E-state index contributed by atoms with van der Waals surface area (Å²) in [5, 5.41) is 0. The molecule has 0 atom stereocenters. The summed E-state index contributed by atoms with van der Waals surface area (Å²) in [5.41, 5.74) is 5.58. The van der Waals surface area contributed by atoms with Gasteiger partial charge in [0.15, 0.2) is 0 Å². The number of aliphatic imine (C=N–C) groups is 2. The van der Waals surface area contributed by atoms with Crippen LogP contribution in [0.25, 0.3) is 0 Å². The molecule has 0 radical (unpaired) electrons. The van der Waals surface area contributed by atoms with Crippen LogP contribution in [0.3, 0.4) is 0 Å². The third-order valence-electron chi connectivity index (χ3n) is 6.37. The van der Waals surface area contributed by atoms with Gasteiger partial charge in [0.1, 0.15) is 0 Å². The third-order valence-corrected chi connectivity index (χ3v) is 8.78. The molecular formula is C20H25F3N4O3SSe. The zero-order valence-electron chi connectivity index (χ0n) is 17.4. The van der Waals surface area contributed by atoms with Crippen molar-refractivity contribution in [1.29, 1.82) is 0 Å². The number of nitrogens with zero attached hydrogens (tertiary/aromatic N) is 2. The van der Waals surface area contributed by atoms with Crippen LogP contribution in [0, 0.1) is 17.8 Å². The fourth-order valence-corrected chi connectivity index (χ4v) is 6.96. The molecule has 7 nitrogen and oxygen atoms in total. The summed E-state index contributed by atoms with van der Waals surface area (Å²) in [6, 6.07) is 3.99. The Bertz CT molecular complexity index is 990. The maximum absolute atomic E-state index is 12.9. The van der Waals surface area contributed by atoms with E-state index in [1.165, 1.54) is 19.3 Å². The van der Waals surface area contributed by atoms with E-state index in [1.807, 2.05) is 5.82 Å². The Labute approximate surface area is 191 Å². The van der Waals surface area contributed by atoms with E-state index in [-0.39, 0.29) is 31.4 Å². The molecule has 0 unspecified atom stereocenters. The van der Waals surface area contributed by atoms with Gasteiger partial charge in [0.2, 0.25) is 0 Å². The second-order valence-electron chi connectivity index (χ2n) is 8.86. The summed E-state index contributed by atoms with van der Waals surface area (Å²) >= 11 is -0.135. The predicted octanol–water partition coefficient (Wildman–Crippen LogP) is 3.26. The Morgan fingerprint density at radius 2 is 1.66 bits per heavy atom. The van der Waals surface area contributed by atoms with E-state index in [1.54, 1.807) is 0 Å². The number of amidine groups is 1. The van der Waals surface area contributed by atoms with Crippen LogP contribution in [-0.2, 0) is 10.0 Å². The molecular weight excluding hydrogens is 512 g/mol. The van der Waals surface area contributed by atoms with Crippen molar-refractivity contribution in [3.63, 3.8) is 0 Å². The zero-order chi connectivity index (χ0) is 23.1. The maximum atomic E-state index is 12.9. The summed E-state index contributed by atoms with van der Waals surface area (Å²) in [4.78, 5) is 8.86. The molecule has 3 N–H and O–H groups in total. The molecule has 4 fully saturated rings. The number of guanidine groups is 1. The van der Waals surface area contributed by atoms with Gasteiger partial charge in [-0.15, -0.1) is 0 Å². The Balaban J connectivity index is 1.60. The summed E-state index contributed by atoms with van der Waals surface area (Å²) in [5.74, 6) is 3.14. The van der Waals surface area contributed by atoms with Crippen LogP contribution in [-0.4, -0.2) is 46.0 Å². The Kier molecular flexibility index (Phi) is 6.23. The van der Waals surface area contributed by atoms with Crippen molar-refractivity contribution in [3.05, 3.63) is 24.3 Å². The fraction of sp³-hybridized carbons (Fsp3) is 0.600. The molecule has 4 aliphatic rings. The first-order valence-corrected chi connectivity index (χ1v) is 14.4. The summed E-state index contributed by atoms with van der Waals surface area (Å²) in [6.45, 7) is 0. The number of nitrogens with two attached hydrogens (primary N) is 1. The molecule has 1 aromatic rings. The van der Waals surface area contributed by atoms with Gasteiger partial charge in [0.05, 0.1) is 0 Å². The number of halogens is 3. The van der Waals surface area contributed by atoms with Crippen molar-refractivity contribution in [2.24, 2.45) is 33.5 Å². The average Bonchev–Trinajstić information content (AvgIpc) is 2.65. The molecule has 0 aliphatic heterocycles. The summed E-state index contributed by atoms with van der Waals surface area (Å²) < 4.78 is 69.5. The first kappa shape index (κ1) is 23.4. The van der Waals surface area contributed by atoms with Crippen molar-refractivity contribution >= 4 is 35.7 Å². The van der Waals surface area contributed by atoms with Gasteiger partial charge in [-0.3, -0.25) is 0 Å². The molecule has 0 spiro atoms. The number of benzene rings is 1. The van der Waals surface area contributed by atoms with Gasteiger partial charge in [-0.25, -0.2) is 0 Å². The van der Waals surface area contributed by atoms with Gasteiger partial charge in [-0.05, 0) is 0 Å². The van der Waals surface area contributed by atoms with Crippen LogP contribution < -0.4 is 15.2 Å². The van der Waals surface area contributed by atoms with Crippen LogP contribution in [0.15, 0.2) is 39.1 Å². The van der Waals surface area contributed by atoms with Crippen LogP contribution in [0.1, 0.15) is 38.5 Å². The minimum absolute atomic E-state index is 0.0520. The first-order chi connectivity index (χ1) is 15.0. The van der Waals surface area contributed by atoms with Crippen LogP contribution in [0.2, 0.25) is 5.82 Å². The number of hydrogen-bond acceptors (Lipinski definition) is 4. The number of ether oxygens (including phenoxy) is 1. The molecule has 5 rings (SSSR count). The number of alkyl halides is 3. The Morgan fingerprint density at radius 3 is 2.12 bits per heavy atom. The topological polar surface area (TPSA) is 106 Å². The van der Waals surface area contributed by atoms with Crippen molar-refractivity contribution in [3.8, 4) is 5.75 Å². The quantitative estimate of drug-likeness (QED) is 0.342. The SMILES string of the molecule is C[Se]/C(N)=N/C(=NC12CC3CC(CC(C3)C1)C2)NS(=O)(=O)c1ccc(OC(F)(F)F)cc1. The fourth-order valence-electron chi connectivity index (χ4n) is 5.65.